The lowest BCUT2D eigenvalue weighted by atomic mass is 10.2. The maximum absolute atomic E-state index is 13.7. The molecule has 3 N–H and O–H groups in total. The Morgan fingerprint density at radius 2 is 2.09 bits per heavy atom. The molecule has 35 heavy (non-hydrogen) atoms. The van der Waals surface area contributed by atoms with Gasteiger partial charge in [-0.3, -0.25) is 4.79 Å². The van der Waals surface area contributed by atoms with Crippen LogP contribution in [0.3, 0.4) is 0 Å². The molecule has 0 bridgehead atoms. The van der Waals surface area contributed by atoms with Crippen LogP contribution in [0.5, 0.6) is 5.75 Å². The Bertz CT molecular complexity index is 1390. The number of ether oxygens (including phenoxy) is 1. The third-order valence-electron chi connectivity index (χ3n) is 5.35. The zero-order valence-electron chi connectivity index (χ0n) is 19.0. The fourth-order valence-corrected chi connectivity index (χ4v) is 4.07. The number of carbonyl (C=O) groups is 1. The molecule has 10 nitrogen and oxygen atoms in total. The molecule has 0 radical (unpaired) electrons. The molecule has 0 aliphatic rings. The number of nitrogen functional groups attached to an aromatic ring is 1. The molecule has 0 atom stereocenters. The van der Waals surface area contributed by atoms with Crippen molar-refractivity contribution in [2.24, 2.45) is 0 Å². The molecule has 0 aliphatic carbocycles. The van der Waals surface area contributed by atoms with Gasteiger partial charge in [-0.15, -0.1) is 10.2 Å². The van der Waals surface area contributed by atoms with Crippen molar-refractivity contribution in [2.45, 2.75) is 32.2 Å². The van der Waals surface area contributed by atoms with Crippen LogP contribution in [-0.2, 0) is 17.9 Å². The summed E-state index contributed by atoms with van der Waals surface area (Å²) in [6, 6.07) is 11.8. The molecular weight excluding hydrogens is 473 g/mol. The van der Waals surface area contributed by atoms with Gasteiger partial charge in [0.25, 0.3) is 0 Å². The number of para-hydroxylation sites is 1. The highest BCUT2D eigenvalue weighted by Gasteiger charge is 2.21. The van der Waals surface area contributed by atoms with E-state index in [0.717, 1.165) is 23.0 Å². The number of amides is 1. The Morgan fingerprint density at radius 3 is 2.80 bits per heavy atom. The Balaban J connectivity index is 1.41. The fourth-order valence-electron chi connectivity index (χ4n) is 3.39. The first kappa shape index (κ1) is 23.9. The summed E-state index contributed by atoms with van der Waals surface area (Å²) in [5.74, 6) is 6.57. The van der Waals surface area contributed by atoms with Gasteiger partial charge in [-0.1, -0.05) is 23.9 Å². The summed E-state index contributed by atoms with van der Waals surface area (Å²) < 4.78 is 27.6. The van der Waals surface area contributed by atoms with Gasteiger partial charge >= 0.3 is 0 Å². The Labute approximate surface area is 204 Å². The van der Waals surface area contributed by atoms with E-state index in [-0.39, 0.29) is 35.0 Å². The Kier molecular flexibility index (Phi) is 7.07. The fraction of sp³-hybridized carbons (Fsp3) is 0.217. The molecule has 4 rings (SSSR count). The maximum Gasteiger partial charge on any atom is 0.235 e. The molecule has 180 valence electrons. The highest BCUT2D eigenvalue weighted by Crippen LogP contribution is 2.28. The van der Waals surface area contributed by atoms with E-state index in [1.54, 1.807) is 24.5 Å². The second-order valence-electron chi connectivity index (χ2n) is 7.54. The van der Waals surface area contributed by atoms with Gasteiger partial charge in [0.15, 0.2) is 17.4 Å². The smallest absolute Gasteiger partial charge is 0.235 e. The first-order valence-electron chi connectivity index (χ1n) is 10.5. The molecule has 1 aromatic carbocycles. The summed E-state index contributed by atoms with van der Waals surface area (Å²) in [6.07, 6.45) is 1.57. The summed E-state index contributed by atoms with van der Waals surface area (Å²) in [6.45, 7) is 3.98. The number of hydrogen-bond donors (Lipinski definition) is 2. The molecule has 1 amide bonds. The van der Waals surface area contributed by atoms with E-state index in [4.69, 9.17) is 15.0 Å². The molecule has 3 aromatic heterocycles. The SMILES string of the molecule is Cc1c(C#N)c(NC(=O)CSc2nnc(COc3ccccc3F)n2N)n(Cc2ccco2)c1C. The maximum atomic E-state index is 13.7. The van der Waals surface area contributed by atoms with Crippen LogP contribution in [0.4, 0.5) is 10.2 Å². The first-order chi connectivity index (χ1) is 16.9. The van der Waals surface area contributed by atoms with Crippen molar-refractivity contribution in [3.05, 3.63) is 76.9 Å². The molecule has 0 aliphatic heterocycles. The lowest BCUT2D eigenvalue weighted by molar-refractivity contribution is -0.113. The number of nitrogens with two attached hydrogens (primary N) is 1. The molecule has 4 aromatic rings. The van der Waals surface area contributed by atoms with Crippen LogP contribution in [0, 0.1) is 31.0 Å². The number of nitrogens with zero attached hydrogens (tertiary/aromatic N) is 5. The molecule has 0 saturated heterocycles. The van der Waals surface area contributed by atoms with Crippen LogP contribution in [0.1, 0.15) is 28.4 Å². The number of aromatic nitrogens is 4. The van der Waals surface area contributed by atoms with Crippen molar-refractivity contribution in [3.63, 3.8) is 0 Å². The molecule has 3 heterocycles. The minimum absolute atomic E-state index is 0.0294. The molecule has 0 fully saturated rings. The highest BCUT2D eigenvalue weighted by molar-refractivity contribution is 7.99. The molecule has 0 spiro atoms. The van der Waals surface area contributed by atoms with Crippen LogP contribution in [0.25, 0.3) is 0 Å². The van der Waals surface area contributed by atoms with E-state index in [1.165, 1.54) is 16.8 Å². The number of nitrogens with one attached hydrogen (secondary N) is 1. The van der Waals surface area contributed by atoms with Gasteiger partial charge < -0.3 is 24.9 Å². The normalized spacial score (nSPS) is 10.8. The predicted octanol–water partition coefficient (Wildman–Crippen LogP) is 3.37. The van der Waals surface area contributed by atoms with Gasteiger partial charge in [-0.2, -0.15) is 5.26 Å². The number of hydrogen-bond acceptors (Lipinski definition) is 8. The number of nitriles is 1. The van der Waals surface area contributed by atoms with Crippen molar-refractivity contribution in [3.8, 4) is 11.8 Å². The van der Waals surface area contributed by atoms with Crippen LogP contribution in [-0.4, -0.2) is 31.1 Å². The predicted molar refractivity (Wildman–Crippen MR) is 127 cm³/mol. The number of furan rings is 1. The van der Waals surface area contributed by atoms with E-state index in [1.807, 2.05) is 24.5 Å². The van der Waals surface area contributed by atoms with Crippen LogP contribution in [0.15, 0.2) is 52.2 Å². The second kappa shape index (κ2) is 10.4. The lowest BCUT2D eigenvalue weighted by Crippen LogP contribution is -2.20. The number of thioether (sulfide) groups is 1. The quantitative estimate of drug-likeness (QED) is 0.266. The second-order valence-corrected chi connectivity index (χ2v) is 8.48. The van der Waals surface area contributed by atoms with Crippen LogP contribution >= 0.6 is 11.8 Å². The third kappa shape index (κ3) is 5.15. The van der Waals surface area contributed by atoms with Crippen molar-refractivity contribution >= 4 is 23.5 Å². The van der Waals surface area contributed by atoms with Crippen molar-refractivity contribution in [1.29, 1.82) is 5.26 Å². The van der Waals surface area contributed by atoms with Crippen molar-refractivity contribution in [1.82, 2.24) is 19.4 Å². The van der Waals surface area contributed by atoms with E-state index >= 15 is 0 Å². The van der Waals surface area contributed by atoms with E-state index in [2.05, 4.69) is 21.6 Å². The summed E-state index contributed by atoms with van der Waals surface area (Å²) in [7, 11) is 0. The third-order valence-corrected chi connectivity index (χ3v) is 6.30. The Morgan fingerprint density at radius 1 is 1.29 bits per heavy atom. The van der Waals surface area contributed by atoms with Crippen LogP contribution in [0.2, 0.25) is 0 Å². The average Bonchev–Trinajstić information content (AvgIpc) is 3.54. The standard InChI is InChI=1S/C23H22FN7O3S/c1-14-15(2)30(11-16-6-5-9-33-16)22(17(14)10-25)27-21(32)13-35-23-29-28-20(31(23)26)12-34-19-8-4-3-7-18(19)24/h3-9H,11-13,26H2,1-2H3,(H,27,32). The van der Waals surface area contributed by atoms with E-state index < -0.39 is 5.82 Å². The lowest BCUT2D eigenvalue weighted by Gasteiger charge is -2.12. The summed E-state index contributed by atoms with van der Waals surface area (Å²) >= 11 is 1.07. The Hall–Kier alpha value is -4.24. The van der Waals surface area contributed by atoms with Crippen molar-refractivity contribution < 1.29 is 18.3 Å². The van der Waals surface area contributed by atoms with Gasteiger partial charge in [0, 0.05) is 5.69 Å². The minimum atomic E-state index is -0.499. The average molecular weight is 496 g/mol. The number of carbonyl (C=O) groups excluding carboxylic acids is 1. The number of halogens is 1. The molecule has 0 saturated carbocycles. The van der Waals surface area contributed by atoms with Gasteiger partial charge in [0.05, 0.1) is 24.1 Å². The van der Waals surface area contributed by atoms with Gasteiger partial charge in [0.1, 0.15) is 24.3 Å². The number of anilines is 1. The van der Waals surface area contributed by atoms with Crippen LogP contribution < -0.4 is 15.9 Å². The van der Waals surface area contributed by atoms with Gasteiger partial charge in [-0.25, -0.2) is 9.07 Å². The van der Waals surface area contributed by atoms with Gasteiger partial charge in [-0.05, 0) is 43.7 Å². The van der Waals surface area contributed by atoms with E-state index in [9.17, 15) is 14.4 Å². The number of rotatable bonds is 9. The largest absolute Gasteiger partial charge is 0.482 e. The van der Waals surface area contributed by atoms with Crippen molar-refractivity contribution in [2.75, 3.05) is 16.9 Å². The monoisotopic (exact) mass is 495 g/mol. The highest BCUT2D eigenvalue weighted by atomic mass is 32.2. The molecular formula is C23H22FN7O3S. The zero-order chi connectivity index (χ0) is 24.9. The summed E-state index contributed by atoms with van der Waals surface area (Å²) in [5.41, 5.74) is 2.02. The number of benzene rings is 1. The topological polar surface area (TPSA) is 137 Å². The first-order valence-corrected chi connectivity index (χ1v) is 11.5. The summed E-state index contributed by atoms with van der Waals surface area (Å²) in [5, 5.41) is 20.7. The minimum Gasteiger partial charge on any atom is -0.482 e. The van der Waals surface area contributed by atoms with Gasteiger partial charge in [0.2, 0.25) is 11.1 Å². The zero-order valence-corrected chi connectivity index (χ0v) is 19.8. The van der Waals surface area contributed by atoms with E-state index in [0.29, 0.717) is 23.7 Å². The summed E-state index contributed by atoms with van der Waals surface area (Å²) in [4.78, 5) is 12.8. The molecule has 12 heteroatoms. The molecule has 0 unspecified atom stereocenters.